The summed E-state index contributed by atoms with van der Waals surface area (Å²) in [4.78, 5) is 12.7. The number of aromatic nitrogens is 2. The van der Waals surface area contributed by atoms with E-state index in [1.54, 1.807) is 0 Å². The minimum Gasteiger partial charge on any atom is -0.378 e. The molecule has 1 fully saturated rings. The molecule has 1 atom stereocenters. The minimum absolute atomic E-state index is 0.0430. The SMILES string of the molecule is Cc1ccccc1-c1cc(NC(=O)CC2COCCN2)n(Cc2ccccc2)n1. The van der Waals surface area contributed by atoms with Crippen LogP contribution in [0.15, 0.2) is 60.7 Å². The van der Waals surface area contributed by atoms with Crippen LogP contribution in [0.4, 0.5) is 5.82 Å². The van der Waals surface area contributed by atoms with Crippen LogP contribution < -0.4 is 10.6 Å². The Morgan fingerprint density at radius 2 is 2.00 bits per heavy atom. The third kappa shape index (κ3) is 4.91. The van der Waals surface area contributed by atoms with Gasteiger partial charge in [-0.25, -0.2) is 4.68 Å². The highest BCUT2D eigenvalue weighted by Crippen LogP contribution is 2.25. The lowest BCUT2D eigenvalue weighted by Crippen LogP contribution is -2.43. The summed E-state index contributed by atoms with van der Waals surface area (Å²) in [6.07, 6.45) is 0.371. The van der Waals surface area contributed by atoms with Crippen LogP contribution in [0.2, 0.25) is 0 Å². The molecular formula is C23H26N4O2. The maximum atomic E-state index is 12.7. The summed E-state index contributed by atoms with van der Waals surface area (Å²) in [5, 5.41) is 11.2. The molecule has 0 aliphatic carbocycles. The van der Waals surface area contributed by atoms with E-state index in [0.29, 0.717) is 32.0 Å². The molecule has 0 saturated carbocycles. The second-order valence-electron chi connectivity index (χ2n) is 7.35. The largest absolute Gasteiger partial charge is 0.378 e. The standard InChI is InChI=1S/C23H26N4O2/c1-17-7-5-6-10-20(17)21-14-22(25-23(28)13-19-16-29-12-11-24-19)27(26-21)15-18-8-3-2-4-9-18/h2-10,14,19,24H,11-13,15-16H2,1H3,(H,25,28). The van der Waals surface area contributed by atoms with Gasteiger partial charge in [0.2, 0.25) is 5.91 Å². The summed E-state index contributed by atoms with van der Waals surface area (Å²) in [5.41, 5.74) is 4.20. The van der Waals surface area contributed by atoms with E-state index in [0.717, 1.165) is 28.9 Å². The molecule has 1 unspecified atom stereocenters. The van der Waals surface area contributed by atoms with E-state index in [1.807, 2.05) is 41.1 Å². The van der Waals surface area contributed by atoms with Crippen LogP contribution in [-0.2, 0) is 16.1 Å². The lowest BCUT2D eigenvalue weighted by molar-refractivity contribution is -0.117. The smallest absolute Gasteiger partial charge is 0.227 e. The zero-order chi connectivity index (χ0) is 20.1. The third-order valence-electron chi connectivity index (χ3n) is 5.07. The number of morpholine rings is 1. The van der Waals surface area contributed by atoms with Gasteiger partial charge in [0.15, 0.2) is 0 Å². The number of carbonyl (C=O) groups is 1. The predicted octanol–water partition coefficient (Wildman–Crippen LogP) is 3.22. The Labute approximate surface area is 170 Å². The highest BCUT2D eigenvalue weighted by Gasteiger charge is 2.19. The number of benzene rings is 2. The minimum atomic E-state index is -0.0430. The number of hydrogen-bond donors (Lipinski definition) is 2. The molecule has 1 aliphatic heterocycles. The Kier molecular flexibility index (Phi) is 6.03. The van der Waals surface area contributed by atoms with Crippen LogP contribution in [0.5, 0.6) is 0 Å². The molecule has 29 heavy (non-hydrogen) atoms. The average Bonchev–Trinajstić information content (AvgIpc) is 3.11. The molecule has 6 heteroatoms. The van der Waals surface area contributed by atoms with Crippen molar-refractivity contribution in [2.75, 3.05) is 25.1 Å². The van der Waals surface area contributed by atoms with Gasteiger partial charge < -0.3 is 15.4 Å². The van der Waals surface area contributed by atoms with Crippen LogP contribution >= 0.6 is 0 Å². The summed E-state index contributed by atoms with van der Waals surface area (Å²) < 4.78 is 7.31. The maximum Gasteiger partial charge on any atom is 0.227 e. The van der Waals surface area contributed by atoms with Crippen molar-refractivity contribution in [3.8, 4) is 11.3 Å². The van der Waals surface area contributed by atoms with Gasteiger partial charge in [-0.2, -0.15) is 5.10 Å². The van der Waals surface area contributed by atoms with E-state index >= 15 is 0 Å². The first-order valence-electron chi connectivity index (χ1n) is 9.98. The van der Waals surface area contributed by atoms with Gasteiger partial charge in [0.25, 0.3) is 0 Å². The molecule has 0 bridgehead atoms. The fourth-order valence-corrected chi connectivity index (χ4v) is 3.55. The zero-order valence-electron chi connectivity index (χ0n) is 16.6. The fraction of sp³-hybridized carbons (Fsp3) is 0.304. The van der Waals surface area contributed by atoms with Gasteiger partial charge in [-0.1, -0.05) is 54.6 Å². The van der Waals surface area contributed by atoms with Crippen molar-refractivity contribution < 1.29 is 9.53 Å². The highest BCUT2D eigenvalue weighted by atomic mass is 16.5. The second kappa shape index (κ2) is 9.03. The normalized spacial score (nSPS) is 16.5. The first kappa shape index (κ1) is 19.4. The van der Waals surface area contributed by atoms with Crippen molar-refractivity contribution in [1.29, 1.82) is 0 Å². The highest BCUT2D eigenvalue weighted by molar-refractivity contribution is 5.91. The van der Waals surface area contributed by atoms with Crippen molar-refractivity contribution in [1.82, 2.24) is 15.1 Å². The van der Waals surface area contributed by atoms with Gasteiger partial charge in [-0.15, -0.1) is 0 Å². The summed E-state index contributed by atoms with van der Waals surface area (Å²) in [6.45, 7) is 4.69. The van der Waals surface area contributed by atoms with Gasteiger partial charge in [0, 0.05) is 30.6 Å². The van der Waals surface area contributed by atoms with Crippen molar-refractivity contribution >= 4 is 11.7 Å². The van der Waals surface area contributed by atoms with E-state index in [9.17, 15) is 4.79 Å². The molecule has 6 nitrogen and oxygen atoms in total. The molecule has 1 saturated heterocycles. The molecule has 4 rings (SSSR count). The Morgan fingerprint density at radius 3 is 2.76 bits per heavy atom. The lowest BCUT2D eigenvalue weighted by atomic mass is 10.1. The number of carbonyl (C=O) groups excluding carboxylic acids is 1. The van der Waals surface area contributed by atoms with Gasteiger partial charge >= 0.3 is 0 Å². The number of amides is 1. The number of hydrogen-bond acceptors (Lipinski definition) is 4. The number of aryl methyl sites for hydroxylation is 1. The summed E-state index contributed by atoms with van der Waals surface area (Å²) in [7, 11) is 0. The van der Waals surface area contributed by atoms with E-state index < -0.39 is 0 Å². The van der Waals surface area contributed by atoms with Crippen molar-refractivity contribution in [2.45, 2.75) is 25.9 Å². The van der Waals surface area contributed by atoms with Crippen molar-refractivity contribution in [3.05, 3.63) is 71.8 Å². The van der Waals surface area contributed by atoms with Crippen molar-refractivity contribution in [2.24, 2.45) is 0 Å². The molecule has 1 amide bonds. The molecule has 2 N–H and O–H groups in total. The first-order chi connectivity index (χ1) is 14.2. The van der Waals surface area contributed by atoms with Crippen molar-refractivity contribution in [3.63, 3.8) is 0 Å². The number of ether oxygens (including phenoxy) is 1. The van der Waals surface area contributed by atoms with E-state index in [-0.39, 0.29) is 11.9 Å². The van der Waals surface area contributed by atoms with E-state index in [2.05, 4.69) is 41.8 Å². The molecule has 2 heterocycles. The third-order valence-corrected chi connectivity index (χ3v) is 5.07. The number of anilines is 1. The van der Waals surface area contributed by atoms with Gasteiger partial charge in [-0.3, -0.25) is 4.79 Å². The Bertz CT molecular complexity index is 962. The second-order valence-corrected chi connectivity index (χ2v) is 7.35. The zero-order valence-corrected chi connectivity index (χ0v) is 16.6. The van der Waals surface area contributed by atoms with Crippen LogP contribution in [0, 0.1) is 6.92 Å². The topological polar surface area (TPSA) is 68.2 Å². The Balaban J connectivity index is 1.58. The van der Waals surface area contributed by atoms with E-state index in [4.69, 9.17) is 9.84 Å². The molecular weight excluding hydrogens is 364 g/mol. The summed E-state index contributed by atoms with van der Waals surface area (Å²) in [6, 6.07) is 20.3. The molecule has 0 radical (unpaired) electrons. The summed E-state index contributed by atoms with van der Waals surface area (Å²) >= 11 is 0. The maximum absolute atomic E-state index is 12.7. The molecule has 3 aromatic rings. The molecule has 1 aliphatic rings. The lowest BCUT2D eigenvalue weighted by Gasteiger charge is -2.23. The quantitative estimate of drug-likeness (QED) is 0.678. The van der Waals surface area contributed by atoms with Crippen LogP contribution in [0.3, 0.4) is 0 Å². The predicted molar refractivity (Wildman–Crippen MR) is 114 cm³/mol. The van der Waals surface area contributed by atoms with E-state index in [1.165, 1.54) is 0 Å². The van der Waals surface area contributed by atoms with Crippen LogP contribution in [-0.4, -0.2) is 41.5 Å². The van der Waals surface area contributed by atoms with Crippen LogP contribution in [0.1, 0.15) is 17.5 Å². The molecule has 2 aromatic carbocycles. The monoisotopic (exact) mass is 390 g/mol. The molecule has 1 aromatic heterocycles. The summed E-state index contributed by atoms with van der Waals surface area (Å²) in [5.74, 6) is 0.660. The number of rotatable bonds is 6. The molecule has 0 spiro atoms. The number of nitrogens with one attached hydrogen (secondary N) is 2. The van der Waals surface area contributed by atoms with Gasteiger partial charge in [-0.05, 0) is 18.1 Å². The van der Waals surface area contributed by atoms with Gasteiger partial charge in [0.05, 0.1) is 25.5 Å². The molecule has 150 valence electrons. The van der Waals surface area contributed by atoms with Crippen LogP contribution in [0.25, 0.3) is 11.3 Å². The number of nitrogens with zero attached hydrogens (tertiary/aromatic N) is 2. The fourth-order valence-electron chi connectivity index (χ4n) is 3.55. The Morgan fingerprint density at radius 1 is 1.21 bits per heavy atom. The first-order valence-corrected chi connectivity index (χ1v) is 9.98. The Hall–Kier alpha value is -2.96. The van der Waals surface area contributed by atoms with Gasteiger partial charge in [0.1, 0.15) is 5.82 Å². The average molecular weight is 390 g/mol.